The Hall–Kier alpha value is -2.60. The first kappa shape index (κ1) is 23.2. The molecule has 2 unspecified atom stereocenters. The van der Waals surface area contributed by atoms with Crippen molar-refractivity contribution in [3.8, 4) is 6.07 Å². The number of benzene rings is 1. The maximum atomic E-state index is 13.3. The van der Waals surface area contributed by atoms with E-state index in [1.54, 1.807) is 29.7 Å². The van der Waals surface area contributed by atoms with Crippen LogP contribution in [0.3, 0.4) is 0 Å². The van der Waals surface area contributed by atoms with Gasteiger partial charge in [0, 0.05) is 31.1 Å². The Labute approximate surface area is 197 Å². The molecule has 0 aromatic heterocycles. The molecule has 6 nitrogen and oxygen atoms in total. The van der Waals surface area contributed by atoms with Crippen molar-refractivity contribution >= 4 is 11.8 Å². The molecule has 3 saturated heterocycles. The molecule has 1 saturated carbocycles. The Balaban J connectivity index is 1.26. The highest BCUT2D eigenvalue weighted by Gasteiger charge is 2.56. The number of hydrogen-bond donors (Lipinski definition) is 0. The molecule has 1 aromatic carbocycles. The van der Waals surface area contributed by atoms with Gasteiger partial charge in [-0.15, -0.1) is 0 Å². The van der Waals surface area contributed by atoms with Gasteiger partial charge in [-0.05, 0) is 56.7 Å². The van der Waals surface area contributed by atoms with Crippen molar-refractivity contribution in [2.75, 3.05) is 13.1 Å². The highest BCUT2D eigenvalue weighted by Crippen LogP contribution is 2.48. The molecule has 34 heavy (non-hydrogen) atoms. The van der Waals surface area contributed by atoms with E-state index in [0.717, 1.165) is 25.0 Å². The van der Waals surface area contributed by atoms with Crippen molar-refractivity contribution < 1.29 is 22.8 Å². The number of alkyl halides is 3. The summed E-state index contributed by atoms with van der Waals surface area (Å²) in [5.41, 5.74) is 0.299. The second-order valence-electron chi connectivity index (χ2n) is 10.5. The summed E-state index contributed by atoms with van der Waals surface area (Å²) in [5, 5.41) is 9.40. The summed E-state index contributed by atoms with van der Waals surface area (Å²) >= 11 is 0. The van der Waals surface area contributed by atoms with E-state index in [4.69, 9.17) is 0 Å². The lowest BCUT2D eigenvalue weighted by Crippen LogP contribution is -2.53. The van der Waals surface area contributed by atoms with Crippen LogP contribution in [0.1, 0.15) is 55.8 Å². The van der Waals surface area contributed by atoms with Gasteiger partial charge in [-0.1, -0.05) is 18.6 Å². The molecular weight excluding hydrogens is 445 g/mol. The lowest BCUT2D eigenvalue weighted by Gasteiger charge is -2.39. The first-order chi connectivity index (χ1) is 16.0. The molecule has 0 spiro atoms. The Bertz CT molecular complexity index is 1070. The number of halogens is 3. The van der Waals surface area contributed by atoms with Crippen LogP contribution in [0.15, 0.2) is 18.2 Å². The number of carbonyl (C=O) groups excluding carboxylic acids is 2. The largest absolute Gasteiger partial charge is 0.416 e. The van der Waals surface area contributed by atoms with Crippen LogP contribution in [0.25, 0.3) is 0 Å². The van der Waals surface area contributed by atoms with E-state index >= 15 is 0 Å². The number of fused-ring (bicyclic) bond motifs is 3. The highest BCUT2D eigenvalue weighted by atomic mass is 19.4. The summed E-state index contributed by atoms with van der Waals surface area (Å²) in [6.07, 6.45) is -2.08. The van der Waals surface area contributed by atoms with E-state index in [9.17, 15) is 28.0 Å². The van der Waals surface area contributed by atoms with Gasteiger partial charge in [0.2, 0.25) is 11.8 Å². The summed E-state index contributed by atoms with van der Waals surface area (Å²) in [5.74, 6) is 0.0345. The van der Waals surface area contributed by atoms with Crippen LogP contribution in [0.4, 0.5) is 13.2 Å². The van der Waals surface area contributed by atoms with Crippen LogP contribution in [-0.4, -0.2) is 63.8 Å². The number of piperazine rings is 1. The molecule has 0 N–H and O–H groups in total. The molecule has 1 aliphatic carbocycles. The number of hydrogen-bond acceptors (Lipinski definition) is 4. The maximum absolute atomic E-state index is 13.3. The lowest BCUT2D eigenvalue weighted by atomic mass is 9.99. The Morgan fingerprint density at radius 3 is 2.59 bits per heavy atom. The predicted molar refractivity (Wildman–Crippen MR) is 117 cm³/mol. The van der Waals surface area contributed by atoms with Gasteiger partial charge >= 0.3 is 6.18 Å². The summed E-state index contributed by atoms with van der Waals surface area (Å²) in [4.78, 5) is 31.9. The van der Waals surface area contributed by atoms with Crippen LogP contribution in [0.5, 0.6) is 0 Å². The highest BCUT2D eigenvalue weighted by molar-refractivity contribution is 5.86. The van der Waals surface area contributed by atoms with Crippen LogP contribution in [0.2, 0.25) is 0 Å². The number of nitriles is 1. The molecular formula is C25H29F3N4O2. The van der Waals surface area contributed by atoms with E-state index in [1.807, 2.05) is 11.8 Å². The van der Waals surface area contributed by atoms with Gasteiger partial charge in [0.05, 0.1) is 23.7 Å². The summed E-state index contributed by atoms with van der Waals surface area (Å²) in [7, 11) is 0. The molecule has 0 radical (unpaired) electrons. The third-order valence-electron chi connectivity index (χ3n) is 8.08. The molecule has 5 rings (SSSR count). The molecule has 7 atom stereocenters. The molecule has 4 aliphatic rings. The molecule has 9 heteroatoms. The van der Waals surface area contributed by atoms with E-state index in [1.165, 1.54) is 0 Å². The number of aryl methyl sites for hydroxylation is 1. The van der Waals surface area contributed by atoms with Crippen LogP contribution in [-0.2, 0) is 15.8 Å². The van der Waals surface area contributed by atoms with Gasteiger partial charge in [0.15, 0.2) is 0 Å². The molecule has 1 aromatic rings. The zero-order valence-electron chi connectivity index (χ0n) is 19.5. The molecule has 3 heterocycles. The maximum Gasteiger partial charge on any atom is 0.416 e. The summed E-state index contributed by atoms with van der Waals surface area (Å²) in [6, 6.07) is 5.18. The van der Waals surface area contributed by atoms with Crippen molar-refractivity contribution in [1.82, 2.24) is 14.7 Å². The van der Waals surface area contributed by atoms with E-state index in [0.29, 0.717) is 36.6 Å². The zero-order chi connectivity index (χ0) is 24.5. The predicted octanol–water partition coefficient (Wildman–Crippen LogP) is 3.51. The monoisotopic (exact) mass is 474 g/mol. The number of piperidine rings is 1. The van der Waals surface area contributed by atoms with E-state index in [2.05, 4.69) is 6.07 Å². The first-order valence-electron chi connectivity index (χ1n) is 12.0. The SMILES string of the molecule is Cc1cc([C@H](C)N2C(=O)[C@H]3CC2CN3C[C@H](C)C(=O)N2C3C[C@H]3C[C@H]2C#N)cc(C(F)(F)F)c1. The Kier molecular flexibility index (Phi) is 5.43. The smallest absolute Gasteiger partial charge is 0.330 e. The molecule has 182 valence electrons. The van der Waals surface area contributed by atoms with Gasteiger partial charge in [0.25, 0.3) is 0 Å². The van der Waals surface area contributed by atoms with Crippen LogP contribution in [0, 0.1) is 30.1 Å². The Morgan fingerprint density at radius 2 is 1.94 bits per heavy atom. The minimum atomic E-state index is -4.44. The minimum Gasteiger partial charge on any atom is -0.330 e. The van der Waals surface area contributed by atoms with Gasteiger partial charge in [-0.2, -0.15) is 18.4 Å². The van der Waals surface area contributed by atoms with Crippen LogP contribution >= 0.6 is 0 Å². The van der Waals surface area contributed by atoms with Gasteiger partial charge in [-0.3, -0.25) is 14.5 Å². The normalized spacial score (nSPS) is 32.0. The third kappa shape index (κ3) is 3.76. The quantitative estimate of drug-likeness (QED) is 0.655. The van der Waals surface area contributed by atoms with Crippen molar-refractivity contribution in [2.24, 2.45) is 11.8 Å². The minimum absolute atomic E-state index is 0.0172. The van der Waals surface area contributed by atoms with E-state index < -0.39 is 17.8 Å². The fourth-order valence-electron chi connectivity index (χ4n) is 6.35. The van der Waals surface area contributed by atoms with Gasteiger partial charge in [-0.25, -0.2) is 0 Å². The number of nitrogens with zero attached hydrogens (tertiary/aromatic N) is 4. The third-order valence-corrected chi connectivity index (χ3v) is 8.08. The second-order valence-corrected chi connectivity index (χ2v) is 10.5. The topological polar surface area (TPSA) is 67.7 Å². The van der Waals surface area contributed by atoms with Gasteiger partial charge < -0.3 is 9.80 Å². The Morgan fingerprint density at radius 1 is 1.21 bits per heavy atom. The number of rotatable bonds is 5. The number of carbonyl (C=O) groups is 2. The standard InChI is InChI=1S/C25H29F3N4O2/c1-13-4-16(6-18(5-13)25(26,27)28)15(3)31-20-9-22(24(31)34)30(12-20)11-14(2)23(33)32-19(10-29)7-17-8-21(17)32/h4-6,14-15,17,19-22H,7-9,11-12H2,1-3H3/t14-,15-,17+,19-,20?,21?,22+/m0/s1. The lowest BCUT2D eigenvalue weighted by molar-refractivity contribution is -0.142. The molecule has 4 fully saturated rings. The molecule has 3 aliphatic heterocycles. The molecule has 2 bridgehead atoms. The van der Waals surface area contributed by atoms with Crippen LogP contribution < -0.4 is 0 Å². The number of amides is 2. The summed E-state index contributed by atoms with van der Waals surface area (Å²) in [6.45, 7) is 6.32. The van der Waals surface area contributed by atoms with Crippen molar-refractivity contribution in [3.63, 3.8) is 0 Å². The van der Waals surface area contributed by atoms with Crippen molar-refractivity contribution in [2.45, 2.75) is 76.4 Å². The fourth-order valence-corrected chi connectivity index (χ4v) is 6.35. The van der Waals surface area contributed by atoms with E-state index in [-0.39, 0.29) is 41.9 Å². The average molecular weight is 475 g/mol. The first-order valence-corrected chi connectivity index (χ1v) is 12.0. The number of likely N-dealkylation sites (tertiary alicyclic amines) is 3. The second kappa shape index (κ2) is 7.98. The average Bonchev–Trinajstić information content (AvgIpc) is 3.11. The molecule has 2 amide bonds. The fraction of sp³-hybridized carbons (Fsp3) is 0.640. The van der Waals surface area contributed by atoms with Gasteiger partial charge in [0.1, 0.15) is 6.04 Å². The summed E-state index contributed by atoms with van der Waals surface area (Å²) < 4.78 is 39.9. The zero-order valence-corrected chi connectivity index (χ0v) is 19.5. The van der Waals surface area contributed by atoms with Crippen molar-refractivity contribution in [1.29, 1.82) is 5.26 Å². The van der Waals surface area contributed by atoms with Crippen molar-refractivity contribution in [3.05, 3.63) is 34.9 Å².